The predicted octanol–water partition coefficient (Wildman–Crippen LogP) is 2.35. The average molecular weight is 354 g/mol. The molecule has 2 aliphatic rings. The van der Waals surface area contributed by atoms with Crippen molar-refractivity contribution in [2.24, 2.45) is 5.92 Å². The lowest BCUT2D eigenvalue weighted by Gasteiger charge is -2.20. The van der Waals surface area contributed by atoms with Gasteiger partial charge in [0.15, 0.2) is 0 Å². The smallest absolute Gasteiger partial charge is 0.346 e. The van der Waals surface area contributed by atoms with Gasteiger partial charge in [0.05, 0.1) is 6.04 Å². The Hall–Kier alpha value is -2.37. The molecule has 0 bridgehead atoms. The zero-order chi connectivity index (χ0) is 18.1. The van der Waals surface area contributed by atoms with Crippen LogP contribution in [0.4, 0.5) is 0 Å². The first kappa shape index (κ1) is 17.1. The number of amides is 1. The standard InChI is InChI=1S/C20H26N4O2/c1-14-7-4-5-8-16(14)19(15-10-11-15)21-18(25)13-24-20(26)23-12-6-2-3-9-17(23)22-24/h4-5,7-8,15,19H,2-3,6,9-13H2,1H3,(H,21,25)/t19-/m1/s1. The summed E-state index contributed by atoms with van der Waals surface area (Å²) in [5.74, 6) is 1.17. The summed E-state index contributed by atoms with van der Waals surface area (Å²) < 4.78 is 3.07. The first-order chi connectivity index (χ1) is 12.6. The van der Waals surface area contributed by atoms with Gasteiger partial charge in [-0.2, -0.15) is 5.10 Å². The Morgan fingerprint density at radius 3 is 2.85 bits per heavy atom. The average Bonchev–Trinajstić information content (AvgIpc) is 3.44. The third-order valence-corrected chi connectivity index (χ3v) is 5.51. The number of fused-ring (bicyclic) bond motifs is 1. The summed E-state index contributed by atoms with van der Waals surface area (Å²) >= 11 is 0. The Bertz CT molecular complexity index is 863. The Morgan fingerprint density at radius 1 is 1.27 bits per heavy atom. The van der Waals surface area contributed by atoms with Gasteiger partial charge >= 0.3 is 5.69 Å². The van der Waals surface area contributed by atoms with E-state index in [0.29, 0.717) is 12.5 Å². The van der Waals surface area contributed by atoms with E-state index in [2.05, 4.69) is 29.5 Å². The topological polar surface area (TPSA) is 68.9 Å². The molecule has 1 fully saturated rings. The summed E-state index contributed by atoms with van der Waals surface area (Å²) in [6.45, 7) is 2.78. The maximum atomic E-state index is 12.7. The Labute approximate surface area is 153 Å². The van der Waals surface area contributed by atoms with Gasteiger partial charge in [0.1, 0.15) is 12.4 Å². The maximum absolute atomic E-state index is 12.7. The molecular formula is C20H26N4O2. The number of rotatable bonds is 5. The van der Waals surface area contributed by atoms with Crippen molar-refractivity contribution in [3.63, 3.8) is 0 Å². The highest BCUT2D eigenvalue weighted by atomic mass is 16.2. The molecule has 6 heteroatoms. The fourth-order valence-corrected chi connectivity index (χ4v) is 3.90. The zero-order valence-electron chi connectivity index (χ0n) is 15.3. The van der Waals surface area contributed by atoms with E-state index in [1.54, 1.807) is 4.57 Å². The third-order valence-electron chi connectivity index (χ3n) is 5.51. The SMILES string of the molecule is Cc1ccccc1[C@H](NC(=O)Cn1nc2n(c1=O)CCCCC2)C1CC1. The van der Waals surface area contributed by atoms with Crippen molar-refractivity contribution < 1.29 is 4.79 Å². The van der Waals surface area contributed by atoms with Gasteiger partial charge in [-0.25, -0.2) is 9.48 Å². The molecule has 138 valence electrons. The molecule has 26 heavy (non-hydrogen) atoms. The quantitative estimate of drug-likeness (QED) is 0.896. The summed E-state index contributed by atoms with van der Waals surface area (Å²) in [5, 5.41) is 7.57. The number of hydrogen-bond acceptors (Lipinski definition) is 3. The van der Waals surface area contributed by atoms with Gasteiger partial charge in [0.25, 0.3) is 0 Å². The Morgan fingerprint density at radius 2 is 2.08 bits per heavy atom. The highest BCUT2D eigenvalue weighted by Crippen LogP contribution is 2.41. The monoisotopic (exact) mass is 354 g/mol. The van der Waals surface area contributed by atoms with Crippen molar-refractivity contribution in [2.75, 3.05) is 0 Å². The zero-order valence-corrected chi connectivity index (χ0v) is 15.3. The summed E-state index contributed by atoms with van der Waals surface area (Å²) in [4.78, 5) is 25.2. The second kappa shape index (κ2) is 7.09. The first-order valence-corrected chi connectivity index (χ1v) is 9.65. The lowest BCUT2D eigenvalue weighted by atomic mass is 9.97. The number of aromatic nitrogens is 3. The van der Waals surface area contributed by atoms with Gasteiger partial charge in [-0.05, 0) is 49.7 Å². The van der Waals surface area contributed by atoms with Gasteiger partial charge < -0.3 is 5.32 Å². The van der Waals surface area contributed by atoms with Gasteiger partial charge in [-0.15, -0.1) is 0 Å². The summed E-state index contributed by atoms with van der Waals surface area (Å²) in [6.07, 6.45) is 6.28. The van der Waals surface area contributed by atoms with Gasteiger partial charge in [-0.1, -0.05) is 30.7 Å². The van der Waals surface area contributed by atoms with Gasteiger partial charge in [0, 0.05) is 13.0 Å². The molecule has 1 N–H and O–H groups in total. The normalized spacial score (nSPS) is 18.0. The van der Waals surface area contributed by atoms with E-state index in [4.69, 9.17) is 0 Å². The van der Waals surface area contributed by atoms with Gasteiger partial charge in [-0.3, -0.25) is 9.36 Å². The molecular weight excluding hydrogens is 328 g/mol. The molecule has 2 aromatic rings. The van der Waals surface area contributed by atoms with Crippen molar-refractivity contribution in [1.82, 2.24) is 19.7 Å². The van der Waals surface area contributed by atoms with E-state index in [9.17, 15) is 9.59 Å². The van der Waals surface area contributed by atoms with Crippen molar-refractivity contribution in [1.29, 1.82) is 0 Å². The molecule has 1 aliphatic carbocycles. The molecule has 0 spiro atoms. The molecule has 1 amide bonds. The van der Waals surface area contributed by atoms with Crippen LogP contribution in [0.1, 0.15) is 55.1 Å². The lowest BCUT2D eigenvalue weighted by molar-refractivity contribution is -0.122. The second-order valence-corrected chi connectivity index (χ2v) is 7.56. The molecule has 4 rings (SSSR count). The first-order valence-electron chi connectivity index (χ1n) is 9.65. The molecule has 1 aromatic carbocycles. The molecule has 1 saturated carbocycles. The van der Waals surface area contributed by atoms with Crippen LogP contribution >= 0.6 is 0 Å². The molecule has 1 atom stereocenters. The second-order valence-electron chi connectivity index (χ2n) is 7.56. The van der Waals surface area contributed by atoms with Crippen molar-refractivity contribution in [2.45, 2.75) is 64.6 Å². The maximum Gasteiger partial charge on any atom is 0.346 e. The fourth-order valence-electron chi connectivity index (χ4n) is 3.90. The van der Waals surface area contributed by atoms with Crippen molar-refractivity contribution in [3.8, 4) is 0 Å². The fraction of sp³-hybridized carbons (Fsp3) is 0.550. The lowest BCUT2D eigenvalue weighted by Crippen LogP contribution is -2.36. The minimum atomic E-state index is -0.157. The minimum absolute atomic E-state index is 0.00602. The van der Waals surface area contributed by atoms with Crippen LogP contribution in [0.3, 0.4) is 0 Å². The Balaban J connectivity index is 1.50. The summed E-state index contributed by atoms with van der Waals surface area (Å²) in [7, 11) is 0. The summed E-state index contributed by atoms with van der Waals surface area (Å²) in [5.41, 5.74) is 2.21. The highest BCUT2D eigenvalue weighted by Gasteiger charge is 2.34. The third kappa shape index (κ3) is 3.45. The number of carbonyl (C=O) groups is 1. The molecule has 1 aromatic heterocycles. The van der Waals surface area contributed by atoms with E-state index >= 15 is 0 Å². The predicted molar refractivity (Wildman–Crippen MR) is 98.8 cm³/mol. The van der Waals surface area contributed by atoms with Crippen LogP contribution in [0.15, 0.2) is 29.1 Å². The van der Waals surface area contributed by atoms with Crippen LogP contribution in [-0.2, 0) is 24.3 Å². The van der Waals surface area contributed by atoms with E-state index in [0.717, 1.165) is 44.3 Å². The number of hydrogen-bond donors (Lipinski definition) is 1. The van der Waals surface area contributed by atoms with Crippen molar-refractivity contribution >= 4 is 5.91 Å². The summed E-state index contributed by atoms with van der Waals surface area (Å²) in [6, 6.07) is 8.22. The molecule has 0 unspecified atom stereocenters. The van der Waals surface area contributed by atoms with E-state index in [1.165, 1.54) is 15.8 Å². The van der Waals surface area contributed by atoms with Gasteiger partial charge in [0.2, 0.25) is 5.91 Å². The van der Waals surface area contributed by atoms with E-state index in [1.807, 2.05) is 12.1 Å². The molecule has 2 heterocycles. The van der Waals surface area contributed by atoms with E-state index in [-0.39, 0.29) is 24.2 Å². The van der Waals surface area contributed by atoms with Crippen LogP contribution in [0.2, 0.25) is 0 Å². The van der Waals surface area contributed by atoms with Crippen LogP contribution in [0, 0.1) is 12.8 Å². The molecule has 0 saturated heterocycles. The van der Waals surface area contributed by atoms with Crippen LogP contribution < -0.4 is 11.0 Å². The number of benzene rings is 1. The molecule has 0 radical (unpaired) electrons. The van der Waals surface area contributed by atoms with E-state index < -0.39 is 0 Å². The largest absolute Gasteiger partial charge is 0.347 e. The number of nitrogens with one attached hydrogen (secondary N) is 1. The van der Waals surface area contributed by atoms with Crippen LogP contribution in [-0.4, -0.2) is 20.3 Å². The number of nitrogens with zero attached hydrogens (tertiary/aromatic N) is 3. The van der Waals surface area contributed by atoms with Crippen LogP contribution in [0.25, 0.3) is 0 Å². The minimum Gasteiger partial charge on any atom is -0.347 e. The number of aryl methyl sites for hydroxylation is 2. The molecule has 1 aliphatic heterocycles. The number of carbonyl (C=O) groups excluding carboxylic acids is 1. The molecule has 6 nitrogen and oxygen atoms in total. The highest BCUT2D eigenvalue weighted by molar-refractivity contribution is 5.76. The van der Waals surface area contributed by atoms with Crippen molar-refractivity contribution in [3.05, 3.63) is 51.7 Å². The Kier molecular flexibility index (Phi) is 4.66. The van der Waals surface area contributed by atoms with Crippen LogP contribution in [0.5, 0.6) is 0 Å².